The minimum absolute atomic E-state index is 0.381. The van der Waals surface area contributed by atoms with Crippen LogP contribution in [0.4, 0.5) is 0 Å². The molecule has 0 radical (unpaired) electrons. The van der Waals surface area contributed by atoms with Crippen molar-refractivity contribution in [3.05, 3.63) is 77.0 Å². The maximum atomic E-state index is 12.2. The van der Waals surface area contributed by atoms with Crippen LogP contribution in [0.5, 0.6) is 0 Å². The Labute approximate surface area is 112 Å². The molecule has 18 heavy (non-hydrogen) atoms. The Morgan fingerprint density at radius 1 is 1.00 bits per heavy atom. The van der Waals surface area contributed by atoms with Gasteiger partial charge in [-0.25, -0.2) is 0 Å². The van der Waals surface area contributed by atoms with E-state index in [9.17, 15) is 5.21 Å². The summed E-state index contributed by atoms with van der Waals surface area (Å²) in [5, 5.41) is 13.0. The van der Waals surface area contributed by atoms with Crippen LogP contribution in [-0.4, -0.2) is 16.0 Å². The number of rotatable bonds is 3. The molecule has 0 aliphatic carbocycles. The third-order valence-corrected chi connectivity index (χ3v) is 3.44. The average Bonchev–Trinajstić information content (AvgIpc) is 2.42. The zero-order valence-electron chi connectivity index (χ0n) is 10.2. The largest absolute Gasteiger partial charge is 0.623 e. The number of thioether (sulfide) groups is 1. The summed E-state index contributed by atoms with van der Waals surface area (Å²) in [7, 11) is 0. The molecule has 2 nitrogen and oxygen atoms in total. The standard InChI is InChI=1S/C15H15NOS/c1-18-15(14-10-6-3-7-11-14)16(17)12-13-8-4-2-5-9-13/h2-11H,12H2,1H3/b16-15+. The van der Waals surface area contributed by atoms with Crippen LogP contribution in [0, 0.1) is 5.21 Å². The van der Waals surface area contributed by atoms with E-state index in [4.69, 9.17) is 0 Å². The third-order valence-electron chi connectivity index (χ3n) is 2.61. The monoisotopic (exact) mass is 257 g/mol. The zero-order chi connectivity index (χ0) is 12.8. The lowest BCUT2D eigenvalue weighted by Gasteiger charge is -2.09. The summed E-state index contributed by atoms with van der Waals surface area (Å²) in [6.07, 6.45) is 1.93. The van der Waals surface area contributed by atoms with E-state index in [1.54, 1.807) is 0 Å². The molecule has 0 saturated heterocycles. The molecule has 2 rings (SSSR count). The van der Waals surface area contributed by atoms with Crippen molar-refractivity contribution in [1.82, 2.24) is 0 Å². The number of hydrogen-bond donors (Lipinski definition) is 0. The minimum Gasteiger partial charge on any atom is -0.623 e. The van der Waals surface area contributed by atoms with Gasteiger partial charge in [-0.1, -0.05) is 60.3 Å². The molecular weight excluding hydrogens is 242 g/mol. The van der Waals surface area contributed by atoms with Gasteiger partial charge in [0.15, 0.2) is 6.54 Å². The Kier molecular flexibility index (Phi) is 4.42. The van der Waals surface area contributed by atoms with E-state index in [0.717, 1.165) is 20.9 Å². The summed E-state index contributed by atoms with van der Waals surface area (Å²) in [6, 6.07) is 19.5. The Bertz CT molecular complexity index is 523. The van der Waals surface area contributed by atoms with E-state index >= 15 is 0 Å². The quantitative estimate of drug-likeness (QED) is 0.276. The van der Waals surface area contributed by atoms with Gasteiger partial charge in [-0.2, -0.15) is 4.74 Å². The summed E-state index contributed by atoms with van der Waals surface area (Å²) in [5.41, 5.74) is 1.99. The first-order valence-corrected chi connectivity index (χ1v) is 6.98. The summed E-state index contributed by atoms with van der Waals surface area (Å²) in [6.45, 7) is 0.381. The van der Waals surface area contributed by atoms with Gasteiger partial charge in [0.2, 0.25) is 0 Å². The first kappa shape index (κ1) is 12.7. The van der Waals surface area contributed by atoms with E-state index < -0.39 is 0 Å². The first-order chi connectivity index (χ1) is 8.81. The number of nitrogens with zero attached hydrogens (tertiary/aromatic N) is 1. The van der Waals surface area contributed by atoms with Crippen LogP contribution in [0.3, 0.4) is 0 Å². The molecule has 0 amide bonds. The lowest BCUT2D eigenvalue weighted by atomic mass is 10.2. The predicted molar refractivity (Wildman–Crippen MR) is 77.8 cm³/mol. The fourth-order valence-corrected chi connectivity index (χ4v) is 2.41. The minimum atomic E-state index is 0.381. The van der Waals surface area contributed by atoms with Gasteiger partial charge in [0.1, 0.15) is 0 Å². The fraction of sp³-hybridized carbons (Fsp3) is 0.133. The Morgan fingerprint density at radius 3 is 2.11 bits per heavy atom. The zero-order valence-corrected chi connectivity index (χ0v) is 11.1. The number of hydrogen-bond acceptors (Lipinski definition) is 2. The van der Waals surface area contributed by atoms with Crippen molar-refractivity contribution in [2.24, 2.45) is 0 Å². The molecule has 2 aromatic rings. The molecular formula is C15H15NOS. The summed E-state index contributed by atoms with van der Waals surface area (Å²) in [5.74, 6) is 0. The van der Waals surface area contributed by atoms with Crippen LogP contribution in [0.15, 0.2) is 60.7 Å². The normalized spacial score (nSPS) is 12.1. The SMILES string of the molecule is CS/C(c1ccccc1)=[N+](/[O-])Cc1ccccc1. The maximum absolute atomic E-state index is 12.2. The molecule has 92 valence electrons. The molecule has 0 aromatic heterocycles. The highest BCUT2D eigenvalue weighted by molar-refractivity contribution is 8.13. The lowest BCUT2D eigenvalue weighted by Crippen LogP contribution is -2.13. The van der Waals surface area contributed by atoms with E-state index in [1.165, 1.54) is 11.8 Å². The highest BCUT2D eigenvalue weighted by Crippen LogP contribution is 2.12. The van der Waals surface area contributed by atoms with E-state index in [-0.39, 0.29) is 0 Å². The smallest absolute Gasteiger partial charge is 0.253 e. The van der Waals surface area contributed by atoms with Crippen molar-refractivity contribution in [3.8, 4) is 0 Å². The second-order valence-electron chi connectivity index (χ2n) is 3.90. The lowest BCUT2D eigenvalue weighted by molar-refractivity contribution is -0.471. The Morgan fingerprint density at radius 2 is 1.56 bits per heavy atom. The molecule has 0 bridgehead atoms. The summed E-state index contributed by atoms with van der Waals surface area (Å²) in [4.78, 5) is 0. The highest BCUT2D eigenvalue weighted by atomic mass is 32.2. The van der Waals surface area contributed by atoms with Crippen LogP contribution in [0.2, 0.25) is 0 Å². The van der Waals surface area contributed by atoms with Crippen molar-refractivity contribution in [3.63, 3.8) is 0 Å². The van der Waals surface area contributed by atoms with Gasteiger partial charge in [0, 0.05) is 5.56 Å². The molecule has 0 spiro atoms. The highest BCUT2D eigenvalue weighted by Gasteiger charge is 2.11. The maximum Gasteiger partial charge on any atom is 0.253 e. The summed E-state index contributed by atoms with van der Waals surface area (Å²) < 4.78 is 1.05. The van der Waals surface area contributed by atoms with E-state index in [0.29, 0.717) is 6.54 Å². The number of hydroxylamine groups is 1. The molecule has 0 atom stereocenters. The fourth-order valence-electron chi connectivity index (χ4n) is 1.77. The van der Waals surface area contributed by atoms with Crippen molar-refractivity contribution >= 4 is 16.8 Å². The molecule has 0 heterocycles. The Hall–Kier alpha value is -1.74. The molecule has 3 heteroatoms. The van der Waals surface area contributed by atoms with Gasteiger partial charge in [-0.3, -0.25) is 0 Å². The second-order valence-corrected chi connectivity index (χ2v) is 4.69. The topological polar surface area (TPSA) is 26.1 Å². The Balaban J connectivity index is 2.27. The van der Waals surface area contributed by atoms with Gasteiger partial charge in [-0.15, -0.1) is 0 Å². The first-order valence-electron chi connectivity index (χ1n) is 5.76. The van der Waals surface area contributed by atoms with Gasteiger partial charge in [0.25, 0.3) is 5.04 Å². The third kappa shape index (κ3) is 3.14. The summed E-state index contributed by atoms with van der Waals surface area (Å²) >= 11 is 1.48. The molecule has 0 unspecified atom stereocenters. The van der Waals surface area contributed by atoms with Gasteiger partial charge in [-0.05, 0) is 18.4 Å². The average molecular weight is 257 g/mol. The van der Waals surface area contributed by atoms with E-state index in [2.05, 4.69) is 0 Å². The van der Waals surface area contributed by atoms with Crippen LogP contribution in [0.1, 0.15) is 11.1 Å². The van der Waals surface area contributed by atoms with Crippen molar-refractivity contribution < 1.29 is 4.74 Å². The molecule has 0 N–H and O–H groups in total. The van der Waals surface area contributed by atoms with Crippen molar-refractivity contribution in [2.75, 3.05) is 6.26 Å². The van der Waals surface area contributed by atoms with Crippen molar-refractivity contribution in [2.45, 2.75) is 6.54 Å². The van der Waals surface area contributed by atoms with Crippen LogP contribution >= 0.6 is 11.8 Å². The van der Waals surface area contributed by atoms with E-state index in [1.807, 2.05) is 66.9 Å². The van der Waals surface area contributed by atoms with Crippen LogP contribution < -0.4 is 0 Å². The van der Waals surface area contributed by atoms with Crippen LogP contribution in [0.25, 0.3) is 0 Å². The molecule has 0 fully saturated rings. The van der Waals surface area contributed by atoms with Gasteiger partial charge < -0.3 is 5.21 Å². The molecule has 0 aliphatic rings. The molecule has 2 aromatic carbocycles. The second kappa shape index (κ2) is 6.26. The molecule has 0 aliphatic heterocycles. The van der Waals surface area contributed by atoms with Gasteiger partial charge >= 0.3 is 0 Å². The van der Waals surface area contributed by atoms with Crippen LogP contribution in [-0.2, 0) is 6.54 Å². The van der Waals surface area contributed by atoms with Gasteiger partial charge in [0.05, 0.1) is 5.56 Å². The number of benzene rings is 2. The molecule has 0 saturated carbocycles. The van der Waals surface area contributed by atoms with Crippen molar-refractivity contribution in [1.29, 1.82) is 0 Å². The predicted octanol–water partition coefficient (Wildman–Crippen LogP) is 3.51.